The summed E-state index contributed by atoms with van der Waals surface area (Å²) in [4.78, 5) is 41.2. The molecular weight excluding hydrogens is 606 g/mol. The van der Waals surface area contributed by atoms with Crippen LogP contribution >= 0.6 is 0 Å². The van der Waals surface area contributed by atoms with E-state index in [4.69, 9.17) is 10.1 Å². The van der Waals surface area contributed by atoms with E-state index in [1.54, 1.807) is 10.7 Å². The van der Waals surface area contributed by atoms with Crippen LogP contribution in [-0.2, 0) is 17.9 Å². The van der Waals surface area contributed by atoms with E-state index in [-0.39, 0.29) is 23.8 Å². The topological polar surface area (TPSA) is 129 Å². The summed E-state index contributed by atoms with van der Waals surface area (Å²) in [5, 5.41) is 15.9. The van der Waals surface area contributed by atoms with Gasteiger partial charge in [0.25, 0.3) is 5.91 Å². The fourth-order valence-electron chi connectivity index (χ4n) is 7.26. The normalized spacial score (nSPS) is 17.7. The summed E-state index contributed by atoms with van der Waals surface area (Å²) >= 11 is 0. The molecule has 13 nitrogen and oxygen atoms in total. The number of rotatable bonds is 8. The summed E-state index contributed by atoms with van der Waals surface area (Å²) in [6, 6.07) is 16.0. The summed E-state index contributed by atoms with van der Waals surface area (Å²) in [6.07, 6.45) is 7.70. The number of carbonyl (C=O) groups excluding carboxylic acids is 2. The molecule has 3 aliphatic heterocycles. The number of nitrogens with zero attached hydrogens (tertiary/aromatic N) is 9. The van der Waals surface area contributed by atoms with Crippen LogP contribution in [0.3, 0.4) is 0 Å². The first kappa shape index (κ1) is 28.9. The van der Waals surface area contributed by atoms with Gasteiger partial charge in [-0.05, 0) is 43.9 Å². The van der Waals surface area contributed by atoms with Crippen LogP contribution in [0.4, 0.5) is 23.0 Å². The Morgan fingerprint density at radius 1 is 0.958 bits per heavy atom. The maximum atomic E-state index is 12.9. The highest BCUT2D eigenvalue weighted by atomic mass is 16.2. The molecule has 2 saturated heterocycles. The largest absolute Gasteiger partial charge is 0.366 e. The van der Waals surface area contributed by atoms with Crippen LogP contribution in [0.15, 0.2) is 60.9 Å². The minimum absolute atomic E-state index is 0.0172. The third-order valence-corrected chi connectivity index (χ3v) is 9.90. The zero-order valence-electron chi connectivity index (χ0n) is 26.8. The predicted molar refractivity (Wildman–Crippen MR) is 181 cm³/mol. The fraction of sp³-hybridized carbons (Fsp3) is 0.371. The molecule has 1 aromatic carbocycles. The second-order valence-corrected chi connectivity index (χ2v) is 13.4. The van der Waals surface area contributed by atoms with Crippen molar-refractivity contribution in [2.75, 3.05) is 48.8 Å². The first-order valence-electron chi connectivity index (χ1n) is 16.8. The Bertz CT molecular complexity index is 2050. The Labute approximate surface area is 277 Å². The number of nitrogens with one attached hydrogen (secondary N) is 2. The maximum Gasteiger partial charge on any atom is 0.272 e. The molecule has 2 N–H and O–H groups in total. The van der Waals surface area contributed by atoms with E-state index in [2.05, 4.69) is 60.4 Å². The van der Waals surface area contributed by atoms with Crippen LogP contribution in [0, 0.1) is 5.92 Å². The van der Waals surface area contributed by atoms with E-state index >= 15 is 0 Å². The molecule has 3 fully saturated rings. The molecule has 0 spiro atoms. The molecule has 0 bridgehead atoms. The molecule has 244 valence electrons. The minimum atomic E-state index is 0.0172. The first-order chi connectivity index (χ1) is 23.5. The van der Waals surface area contributed by atoms with Gasteiger partial charge in [0.1, 0.15) is 17.3 Å². The van der Waals surface area contributed by atoms with E-state index in [9.17, 15) is 9.59 Å². The van der Waals surface area contributed by atoms with Gasteiger partial charge in [0.05, 0.1) is 47.7 Å². The van der Waals surface area contributed by atoms with Crippen molar-refractivity contribution in [3.63, 3.8) is 0 Å². The predicted octanol–water partition coefficient (Wildman–Crippen LogP) is 4.32. The lowest BCUT2D eigenvalue weighted by Crippen LogP contribution is -2.48. The van der Waals surface area contributed by atoms with Crippen molar-refractivity contribution >= 4 is 40.5 Å². The number of carbonyl (C=O) groups is 2. The third-order valence-electron chi connectivity index (χ3n) is 9.90. The van der Waals surface area contributed by atoms with E-state index < -0.39 is 0 Å². The molecule has 4 aromatic heterocycles. The summed E-state index contributed by atoms with van der Waals surface area (Å²) in [5.41, 5.74) is 7.58. The van der Waals surface area contributed by atoms with Gasteiger partial charge in [-0.1, -0.05) is 18.2 Å². The van der Waals surface area contributed by atoms with Crippen LogP contribution < -0.4 is 15.5 Å². The molecule has 0 atom stereocenters. The zero-order chi connectivity index (χ0) is 32.4. The van der Waals surface area contributed by atoms with E-state index in [0.29, 0.717) is 23.7 Å². The lowest BCUT2D eigenvalue weighted by molar-refractivity contribution is -0.117. The highest BCUT2D eigenvalue weighted by molar-refractivity contribution is 5.95. The Morgan fingerprint density at radius 2 is 1.79 bits per heavy atom. The molecule has 48 heavy (non-hydrogen) atoms. The smallest absolute Gasteiger partial charge is 0.272 e. The van der Waals surface area contributed by atoms with Crippen LogP contribution in [0.5, 0.6) is 0 Å². The molecule has 5 aromatic rings. The van der Waals surface area contributed by atoms with Crippen LogP contribution in [0.1, 0.15) is 53.6 Å². The number of hydrogen-bond donors (Lipinski definition) is 2. The summed E-state index contributed by atoms with van der Waals surface area (Å²) in [5.74, 6) is 1.37. The summed E-state index contributed by atoms with van der Waals surface area (Å²) in [7, 11) is 2.11. The highest BCUT2D eigenvalue weighted by Crippen LogP contribution is 2.45. The number of aromatic nitrogens is 6. The van der Waals surface area contributed by atoms with Gasteiger partial charge in [-0.3, -0.25) is 19.2 Å². The minimum Gasteiger partial charge on any atom is -0.366 e. The number of anilines is 4. The summed E-state index contributed by atoms with van der Waals surface area (Å²) in [6.45, 7) is 4.83. The van der Waals surface area contributed by atoms with Crippen molar-refractivity contribution in [2.24, 2.45) is 5.92 Å². The van der Waals surface area contributed by atoms with Gasteiger partial charge < -0.3 is 20.4 Å². The Balaban J connectivity index is 0.924. The average molecular weight is 644 g/mol. The Hall–Kier alpha value is -5.30. The van der Waals surface area contributed by atoms with Gasteiger partial charge in [-0.2, -0.15) is 14.7 Å². The number of benzene rings is 1. The van der Waals surface area contributed by atoms with Crippen molar-refractivity contribution in [1.82, 2.24) is 39.2 Å². The lowest BCUT2D eigenvalue weighted by atomic mass is 9.97. The van der Waals surface area contributed by atoms with Crippen molar-refractivity contribution in [3.05, 3.63) is 78.0 Å². The van der Waals surface area contributed by atoms with Gasteiger partial charge in [-0.15, -0.1) is 0 Å². The standard InChI is InChI=1S/C35H37N11O2/c1-42-21-29-26(17-37-45(29)24-19-43(20-24)18-23-6-4-9-28(38-23)35(48)44-14-2-3-15-44)25-7-5-8-27(33(25)42)39-32-16-30(41-34(47)22-10-11-22)40-31-12-13-36-46(31)32/h4-9,12-13,16-17,22,24,39H,2-3,10-11,14-15,18-21H2,1H3,(H,40,41,47). The van der Waals surface area contributed by atoms with Gasteiger partial charge in [0, 0.05) is 68.9 Å². The van der Waals surface area contributed by atoms with Gasteiger partial charge in [0.2, 0.25) is 5.91 Å². The fourth-order valence-corrected chi connectivity index (χ4v) is 7.26. The maximum absolute atomic E-state index is 12.9. The molecule has 4 aliphatic rings. The highest BCUT2D eigenvalue weighted by Gasteiger charge is 2.35. The first-order valence-corrected chi connectivity index (χ1v) is 16.8. The lowest BCUT2D eigenvalue weighted by Gasteiger charge is -2.40. The Kier molecular flexibility index (Phi) is 6.89. The van der Waals surface area contributed by atoms with Crippen molar-refractivity contribution < 1.29 is 9.59 Å². The van der Waals surface area contributed by atoms with E-state index in [1.807, 2.05) is 41.4 Å². The Morgan fingerprint density at radius 3 is 2.62 bits per heavy atom. The molecule has 2 amide bonds. The zero-order valence-corrected chi connectivity index (χ0v) is 26.8. The molecule has 1 aliphatic carbocycles. The molecule has 7 heterocycles. The molecule has 0 unspecified atom stereocenters. The van der Waals surface area contributed by atoms with E-state index in [1.165, 1.54) is 5.69 Å². The summed E-state index contributed by atoms with van der Waals surface area (Å²) < 4.78 is 3.94. The second-order valence-electron chi connectivity index (χ2n) is 13.4. The quantitative estimate of drug-likeness (QED) is 0.254. The third kappa shape index (κ3) is 5.14. The molecule has 0 radical (unpaired) electrons. The number of pyridine rings is 1. The molecule has 13 heteroatoms. The number of fused-ring (bicyclic) bond motifs is 4. The van der Waals surface area contributed by atoms with E-state index in [0.717, 1.165) is 92.4 Å². The molecular formula is C35H37N11O2. The van der Waals surface area contributed by atoms with Gasteiger partial charge in [0.15, 0.2) is 5.65 Å². The van der Waals surface area contributed by atoms with Gasteiger partial charge in [-0.25, -0.2) is 9.97 Å². The van der Waals surface area contributed by atoms with Crippen LogP contribution in [0.25, 0.3) is 16.8 Å². The number of hydrogen-bond acceptors (Lipinski definition) is 9. The van der Waals surface area contributed by atoms with Gasteiger partial charge >= 0.3 is 0 Å². The molecule has 9 rings (SSSR count). The van der Waals surface area contributed by atoms with Crippen molar-refractivity contribution in [1.29, 1.82) is 0 Å². The van der Waals surface area contributed by atoms with Crippen LogP contribution in [-0.4, -0.2) is 84.2 Å². The SMILES string of the molecule is CN1Cc2c(cnn2C2CN(Cc3cccc(C(=O)N4CCCC4)n3)C2)-c2cccc(Nc3cc(NC(=O)C4CC4)nc4ccnn34)c21. The number of para-hydroxylation sites is 1. The van der Waals surface area contributed by atoms with Crippen molar-refractivity contribution in [2.45, 2.75) is 44.8 Å². The van der Waals surface area contributed by atoms with Crippen LogP contribution in [0.2, 0.25) is 0 Å². The number of likely N-dealkylation sites (tertiary alicyclic amines) is 2. The number of amides is 2. The monoisotopic (exact) mass is 643 g/mol. The average Bonchev–Trinajstić information content (AvgIpc) is 3.40. The second kappa shape index (κ2) is 11.4. The van der Waals surface area contributed by atoms with Crippen molar-refractivity contribution in [3.8, 4) is 11.1 Å². The molecule has 1 saturated carbocycles.